The van der Waals surface area contributed by atoms with Crippen molar-refractivity contribution in [1.82, 2.24) is 5.32 Å². The van der Waals surface area contributed by atoms with Gasteiger partial charge in [-0.3, -0.25) is 0 Å². The van der Waals surface area contributed by atoms with Crippen molar-refractivity contribution in [3.05, 3.63) is 23.8 Å². The number of hydrogen-bond donors (Lipinski definition) is 1. The van der Waals surface area contributed by atoms with Gasteiger partial charge in [0.25, 0.3) is 0 Å². The lowest BCUT2D eigenvalue weighted by Crippen LogP contribution is -2.38. The molecular weight excluding hydrogens is 226 g/mol. The van der Waals surface area contributed by atoms with Crippen molar-refractivity contribution in [3.8, 4) is 11.5 Å². The Kier molecular flexibility index (Phi) is 5.03. The first-order valence-electron chi connectivity index (χ1n) is 6.34. The lowest BCUT2D eigenvalue weighted by Gasteiger charge is -2.24. The van der Waals surface area contributed by atoms with E-state index < -0.39 is 0 Å². The summed E-state index contributed by atoms with van der Waals surface area (Å²) in [6.45, 7) is 9.68. The molecule has 3 nitrogen and oxygen atoms in total. The van der Waals surface area contributed by atoms with Crippen molar-refractivity contribution in [3.63, 3.8) is 0 Å². The first-order valence-corrected chi connectivity index (χ1v) is 6.34. The third kappa shape index (κ3) is 4.22. The summed E-state index contributed by atoms with van der Waals surface area (Å²) in [4.78, 5) is 0. The maximum absolute atomic E-state index is 5.33. The third-order valence-electron chi connectivity index (χ3n) is 2.92. The van der Waals surface area contributed by atoms with E-state index in [-0.39, 0.29) is 5.54 Å². The second-order valence-corrected chi connectivity index (χ2v) is 5.65. The van der Waals surface area contributed by atoms with E-state index in [9.17, 15) is 0 Å². The Labute approximate surface area is 110 Å². The molecule has 0 aliphatic heterocycles. The van der Waals surface area contributed by atoms with Gasteiger partial charge in [-0.05, 0) is 44.4 Å². The van der Waals surface area contributed by atoms with E-state index in [4.69, 9.17) is 9.47 Å². The average molecular weight is 251 g/mol. The largest absolute Gasteiger partial charge is 0.493 e. The van der Waals surface area contributed by atoms with E-state index >= 15 is 0 Å². The van der Waals surface area contributed by atoms with Crippen molar-refractivity contribution in [1.29, 1.82) is 0 Å². The highest BCUT2D eigenvalue weighted by atomic mass is 16.5. The topological polar surface area (TPSA) is 30.5 Å². The molecule has 0 fully saturated rings. The second-order valence-electron chi connectivity index (χ2n) is 5.65. The van der Waals surface area contributed by atoms with Crippen LogP contribution in [0.2, 0.25) is 0 Å². The van der Waals surface area contributed by atoms with Gasteiger partial charge in [0.1, 0.15) is 0 Å². The van der Waals surface area contributed by atoms with Gasteiger partial charge in [-0.1, -0.05) is 13.0 Å². The molecular formula is C15H25NO2. The number of ether oxygens (including phenoxy) is 2. The van der Waals surface area contributed by atoms with E-state index in [1.807, 2.05) is 12.1 Å². The summed E-state index contributed by atoms with van der Waals surface area (Å²) in [6.07, 6.45) is 0. The van der Waals surface area contributed by atoms with Gasteiger partial charge in [-0.25, -0.2) is 0 Å². The molecule has 1 rings (SSSR count). The van der Waals surface area contributed by atoms with Crippen LogP contribution in [0.25, 0.3) is 0 Å². The zero-order chi connectivity index (χ0) is 13.8. The minimum Gasteiger partial charge on any atom is -0.493 e. The molecule has 0 aliphatic carbocycles. The minimum atomic E-state index is 0.144. The molecule has 0 radical (unpaired) electrons. The molecule has 0 saturated carbocycles. The molecule has 0 heterocycles. The summed E-state index contributed by atoms with van der Waals surface area (Å²) in [5.74, 6) is 2.00. The van der Waals surface area contributed by atoms with Crippen LogP contribution < -0.4 is 14.8 Å². The number of rotatable bonds is 5. The van der Waals surface area contributed by atoms with Crippen LogP contribution in [-0.4, -0.2) is 26.3 Å². The van der Waals surface area contributed by atoms with Gasteiger partial charge in [-0.15, -0.1) is 0 Å². The zero-order valence-corrected chi connectivity index (χ0v) is 12.3. The summed E-state index contributed by atoms with van der Waals surface area (Å²) < 4.78 is 10.6. The normalized spacial score (nSPS) is 13.2. The highest BCUT2D eigenvalue weighted by Gasteiger charge is 2.14. The van der Waals surface area contributed by atoms with Crippen molar-refractivity contribution in [2.45, 2.75) is 39.2 Å². The fraction of sp³-hybridized carbons (Fsp3) is 0.600. The smallest absolute Gasteiger partial charge is 0.160 e. The lowest BCUT2D eigenvalue weighted by atomic mass is 9.99. The summed E-state index contributed by atoms with van der Waals surface area (Å²) in [5, 5.41) is 3.51. The van der Waals surface area contributed by atoms with Crippen LogP contribution >= 0.6 is 0 Å². The molecule has 1 N–H and O–H groups in total. The molecule has 0 aliphatic rings. The van der Waals surface area contributed by atoms with E-state index in [0.29, 0.717) is 5.92 Å². The lowest BCUT2D eigenvalue weighted by molar-refractivity contribution is 0.354. The molecule has 0 spiro atoms. The van der Waals surface area contributed by atoms with Crippen LogP contribution in [0.1, 0.15) is 39.2 Å². The molecule has 18 heavy (non-hydrogen) atoms. The third-order valence-corrected chi connectivity index (χ3v) is 2.92. The number of benzene rings is 1. The Morgan fingerprint density at radius 2 is 1.72 bits per heavy atom. The monoisotopic (exact) mass is 251 g/mol. The first-order chi connectivity index (χ1) is 8.37. The van der Waals surface area contributed by atoms with Crippen molar-refractivity contribution >= 4 is 0 Å². The molecule has 1 unspecified atom stereocenters. The standard InChI is InChI=1S/C15H25NO2/c1-11(10-16-15(2,3)4)12-7-8-13(17-5)14(9-12)18-6/h7-9,11,16H,10H2,1-6H3. The van der Waals surface area contributed by atoms with Crippen LogP contribution in [0.15, 0.2) is 18.2 Å². The van der Waals surface area contributed by atoms with Gasteiger partial charge in [0.2, 0.25) is 0 Å². The number of hydrogen-bond acceptors (Lipinski definition) is 3. The van der Waals surface area contributed by atoms with E-state index in [1.54, 1.807) is 14.2 Å². The molecule has 1 aromatic carbocycles. The summed E-state index contributed by atoms with van der Waals surface area (Å²) in [6, 6.07) is 6.10. The maximum atomic E-state index is 5.33. The highest BCUT2D eigenvalue weighted by Crippen LogP contribution is 2.30. The van der Waals surface area contributed by atoms with Crippen LogP contribution in [0.5, 0.6) is 11.5 Å². The average Bonchev–Trinajstić information content (AvgIpc) is 2.34. The summed E-state index contributed by atoms with van der Waals surface area (Å²) in [5.41, 5.74) is 1.40. The van der Waals surface area contributed by atoms with Gasteiger partial charge in [0, 0.05) is 12.1 Å². The van der Waals surface area contributed by atoms with Crippen LogP contribution in [0.3, 0.4) is 0 Å². The molecule has 102 valence electrons. The van der Waals surface area contributed by atoms with Gasteiger partial charge >= 0.3 is 0 Å². The number of nitrogens with one attached hydrogen (secondary N) is 1. The van der Waals surface area contributed by atoms with Gasteiger partial charge < -0.3 is 14.8 Å². The fourth-order valence-electron chi connectivity index (χ4n) is 1.74. The van der Waals surface area contributed by atoms with Crippen LogP contribution in [0, 0.1) is 0 Å². The Hall–Kier alpha value is -1.22. The SMILES string of the molecule is COc1ccc(C(C)CNC(C)(C)C)cc1OC. The molecule has 0 aromatic heterocycles. The quantitative estimate of drug-likeness (QED) is 0.871. The second kappa shape index (κ2) is 6.10. The Morgan fingerprint density at radius 3 is 2.22 bits per heavy atom. The molecule has 0 saturated heterocycles. The zero-order valence-electron chi connectivity index (χ0n) is 12.3. The molecule has 1 aromatic rings. The predicted octanol–water partition coefficient (Wildman–Crippen LogP) is 3.20. The Morgan fingerprint density at radius 1 is 1.11 bits per heavy atom. The molecule has 0 bridgehead atoms. The molecule has 1 atom stereocenters. The van der Waals surface area contributed by atoms with Gasteiger partial charge in [0.15, 0.2) is 11.5 Å². The van der Waals surface area contributed by atoms with E-state index in [2.05, 4.69) is 39.1 Å². The fourth-order valence-corrected chi connectivity index (χ4v) is 1.74. The minimum absolute atomic E-state index is 0.144. The maximum Gasteiger partial charge on any atom is 0.160 e. The van der Waals surface area contributed by atoms with Crippen molar-refractivity contribution in [2.75, 3.05) is 20.8 Å². The Balaban J connectivity index is 2.77. The number of methoxy groups -OCH3 is 2. The predicted molar refractivity (Wildman–Crippen MR) is 75.7 cm³/mol. The van der Waals surface area contributed by atoms with Crippen LogP contribution in [-0.2, 0) is 0 Å². The van der Waals surface area contributed by atoms with Crippen molar-refractivity contribution < 1.29 is 9.47 Å². The van der Waals surface area contributed by atoms with Gasteiger partial charge in [-0.2, -0.15) is 0 Å². The first kappa shape index (κ1) is 14.8. The van der Waals surface area contributed by atoms with Gasteiger partial charge in [0.05, 0.1) is 14.2 Å². The highest BCUT2D eigenvalue weighted by molar-refractivity contribution is 5.43. The summed E-state index contributed by atoms with van der Waals surface area (Å²) >= 11 is 0. The Bertz CT molecular complexity index is 383. The van der Waals surface area contributed by atoms with Crippen molar-refractivity contribution in [2.24, 2.45) is 0 Å². The van der Waals surface area contributed by atoms with E-state index in [1.165, 1.54) is 5.56 Å². The summed E-state index contributed by atoms with van der Waals surface area (Å²) in [7, 11) is 3.32. The van der Waals surface area contributed by atoms with Crippen LogP contribution in [0.4, 0.5) is 0 Å². The van der Waals surface area contributed by atoms with E-state index in [0.717, 1.165) is 18.0 Å². The molecule has 0 amide bonds. The molecule has 3 heteroatoms.